The highest BCUT2D eigenvalue weighted by atomic mass is 32.1. The summed E-state index contributed by atoms with van der Waals surface area (Å²) in [6.45, 7) is 7.86. The van der Waals surface area contributed by atoms with E-state index in [9.17, 15) is 0 Å². The van der Waals surface area contributed by atoms with Gasteiger partial charge in [0.25, 0.3) is 0 Å². The lowest BCUT2D eigenvalue weighted by Gasteiger charge is -2.06. The number of hydrogen-bond acceptors (Lipinski definition) is 5. The fraction of sp³-hybridized carbons (Fsp3) is 0.385. The molecule has 0 saturated heterocycles. The molecule has 18 heavy (non-hydrogen) atoms. The van der Waals surface area contributed by atoms with Gasteiger partial charge in [-0.25, -0.2) is 9.97 Å². The number of aryl methyl sites for hydroxylation is 1. The molecule has 0 unspecified atom stereocenters. The maximum Gasteiger partial charge on any atom is 0.147 e. The van der Waals surface area contributed by atoms with Crippen LogP contribution in [-0.2, 0) is 4.74 Å². The van der Waals surface area contributed by atoms with Gasteiger partial charge in [-0.15, -0.1) is 17.9 Å². The summed E-state index contributed by atoms with van der Waals surface area (Å²) >= 11 is 1.67. The van der Waals surface area contributed by atoms with Crippen LogP contribution in [0.5, 0.6) is 0 Å². The van der Waals surface area contributed by atoms with Crippen molar-refractivity contribution in [2.45, 2.75) is 13.3 Å². The zero-order valence-corrected chi connectivity index (χ0v) is 11.3. The van der Waals surface area contributed by atoms with Gasteiger partial charge in [0.15, 0.2) is 0 Å². The van der Waals surface area contributed by atoms with Crippen molar-refractivity contribution in [1.29, 1.82) is 0 Å². The Morgan fingerprint density at radius 2 is 2.33 bits per heavy atom. The fourth-order valence-corrected chi connectivity index (χ4v) is 2.57. The first-order chi connectivity index (χ1) is 8.83. The highest BCUT2D eigenvalue weighted by molar-refractivity contribution is 7.18. The average Bonchev–Trinajstić information content (AvgIpc) is 2.77. The van der Waals surface area contributed by atoms with Gasteiger partial charge in [-0.3, -0.25) is 0 Å². The number of ether oxygens (including phenoxy) is 1. The topological polar surface area (TPSA) is 47.0 Å². The molecule has 0 amide bonds. The summed E-state index contributed by atoms with van der Waals surface area (Å²) in [5.41, 5.74) is 2.23. The van der Waals surface area contributed by atoms with Gasteiger partial charge in [-0.2, -0.15) is 0 Å². The third-order valence-corrected chi connectivity index (χ3v) is 3.63. The van der Waals surface area contributed by atoms with Gasteiger partial charge in [0, 0.05) is 6.54 Å². The van der Waals surface area contributed by atoms with Crippen molar-refractivity contribution in [2.24, 2.45) is 0 Å². The molecule has 0 aliphatic carbocycles. The van der Waals surface area contributed by atoms with Crippen molar-refractivity contribution < 1.29 is 4.74 Å². The van der Waals surface area contributed by atoms with E-state index < -0.39 is 0 Å². The van der Waals surface area contributed by atoms with Crippen LogP contribution in [0.3, 0.4) is 0 Å². The quantitative estimate of drug-likeness (QED) is 0.616. The monoisotopic (exact) mass is 263 g/mol. The Balaban J connectivity index is 1.89. The minimum absolute atomic E-state index is 0.670. The molecular weight excluding hydrogens is 246 g/mol. The number of thiophene rings is 1. The van der Waals surface area contributed by atoms with Crippen LogP contribution < -0.4 is 5.32 Å². The minimum atomic E-state index is 0.670. The number of hydrogen-bond donors (Lipinski definition) is 1. The van der Waals surface area contributed by atoms with E-state index in [1.807, 2.05) is 6.08 Å². The van der Waals surface area contributed by atoms with E-state index in [4.69, 9.17) is 4.74 Å². The van der Waals surface area contributed by atoms with E-state index >= 15 is 0 Å². The summed E-state index contributed by atoms with van der Waals surface area (Å²) in [5.74, 6) is 0.894. The molecule has 0 radical (unpaired) electrons. The lowest BCUT2D eigenvalue weighted by atomic mass is 10.3. The van der Waals surface area contributed by atoms with Gasteiger partial charge in [-0.05, 0) is 24.3 Å². The van der Waals surface area contributed by atoms with Gasteiger partial charge < -0.3 is 10.1 Å². The van der Waals surface area contributed by atoms with Gasteiger partial charge in [0.2, 0.25) is 0 Å². The number of fused-ring (bicyclic) bond motifs is 1. The lowest BCUT2D eigenvalue weighted by molar-refractivity contribution is 0.149. The highest BCUT2D eigenvalue weighted by Crippen LogP contribution is 2.28. The zero-order valence-electron chi connectivity index (χ0n) is 10.5. The van der Waals surface area contributed by atoms with E-state index in [2.05, 4.69) is 34.2 Å². The average molecular weight is 263 g/mol. The normalized spacial score (nSPS) is 10.7. The number of nitrogens with zero attached hydrogens (tertiary/aromatic N) is 2. The van der Waals surface area contributed by atoms with Gasteiger partial charge in [0.05, 0.1) is 23.4 Å². The van der Waals surface area contributed by atoms with Gasteiger partial charge >= 0.3 is 0 Å². The largest absolute Gasteiger partial charge is 0.379 e. The van der Waals surface area contributed by atoms with E-state index in [-0.39, 0.29) is 0 Å². The van der Waals surface area contributed by atoms with Gasteiger partial charge in [-0.1, -0.05) is 6.08 Å². The minimum Gasteiger partial charge on any atom is -0.379 e. The smallest absolute Gasteiger partial charge is 0.147 e. The van der Waals surface area contributed by atoms with Crippen LogP contribution in [-0.4, -0.2) is 29.7 Å². The molecule has 2 aromatic rings. The van der Waals surface area contributed by atoms with Crippen molar-refractivity contribution in [3.05, 3.63) is 29.9 Å². The second-order valence-corrected chi connectivity index (χ2v) is 4.81. The van der Waals surface area contributed by atoms with Crippen molar-refractivity contribution in [1.82, 2.24) is 9.97 Å². The molecule has 0 fully saturated rings. The summed E-state index contributed by atoms with van der Waals surface area (Å²) < 4.78 is 6.55. The van der Waals surface area contributed by atoms with Crippen LogP contribution in [0.25, 0.3) is 10.2 Å². The van der Waals surface area contributed by atoms with E-state index in [1.165, 1.54) is 5.56 Å². The molecule has 96 valence electrons. The Labute approximate surface area is 111 Å². The Morgan fingerprint density at radius 3 is 3.17 bits per heavy atom. The van der Waals surface area contributed by atoms with Crippen LogP contribution in [0.2, 0.25) is 0 Å². The number of aromatic nitrogens is 2. The first-order valence-electron chi connectivity index (χ1n) is 5.94. The maximum absolute atomic E-state index is 5.44. The van der Waals surface area contributed by atoms with Gasteiger partial charge in [0.1, 0.15) is 12.1 Å². The molecule has 0 bridgehead atoms. The molecule has 0 atom stereocenters. The standard InChI is InChI=1S/C13H17N3OS/c1-3-4-6-17-7-5-14-13-12-11(15-9-16-13)10(2)8-18-12/h3,8-9H,1,4-7H2,2H3,(H,14,15,16). The third-order valence-electron chi connectivity index (χ3n) is 2.54. The molecule has 2 aromatic heterocycles. The van der Waals surface area contributed by atoms with Crippen molar-refractivity contribution in [3.63, 3.8) is 0 Å². The summed E-state index contributed by atoms with van der Waals surface area (Å²) in [4.78, 5) is 8.56. The van der Waals surface area contributed by atoms with Crippen molar-refractivity contribution in [2.75, 3.05) is 25.1 Å². The Bertz CT molecular complexity index is 524. The molecule has 2 rings (SSSR count). The molecular formula is C13H17N3OS. The molecule has 0 saturated carbocycles. The van der Waals surface area contributed by atoms with Crippen LogP contribution in [0.1, 0.15) is 12.0 Å². The summed E-state index contributed by atoms with van der Waals surface area (Å²) in [5, 5.41) is 5.39. The lowest BCUT2D eigenvalue weighted by Crippen LogP contribution is -2.10. The highest BCUT2D eigenvalue weighted by Gasteiger charge is 2.06. The van der Waals surface area contributed by atoms with Crippen LogP contribution in [0.15, 0.2) is 24.4 Å². The first kappa shape index (κ1) is 13.0. The molecule has 0 aromatic carbocycles. The first-order valence-corrected chi connectivity index (χ1v) is 6.82. The van der Waals surface area contributed by atoms with Crippen molar-refractivity contribution in [3.8, 4) is 0 Å². The Kier molecular flexibility index (Phi) is 4.66. The molecule has 1 N–H and O–H groups in total. The predicted molar refractivity (Wildman–Crippen MR) is 76.3 cm³/mol. The summed E-state index contributed by atoms with van der Waals surface area (Å²) in [6, 6.07) is 0. The maximum atomic E-state index is 5.44. The Hall–Kier alpha value is -1.46. The number of rotatable bonds is 7. The summed E-state index contributed by atoms with van der Waals surface area (Å²) in [7, 11) is 0. The molecule has 2 heterocycles. The Morgan fingerprint density at radius 1 is 1.44 bits per heavy atom. The van der Waals surface area contributed by atoms with E-state index in [1.54, 1.807) is 17.7 Å². The molecule has 0 aliphatic rings. The number of anilines is 1. The van der Waals surface area contributed by atoms with Crippen LogP contribution >= 0.6 is 11.3 Å². The van der Waals surface area contributed by atoms with Crippen LogP contribution in [0.4, 0.5) is 5.82 Å². The van der Waals surface area contributed by atoms with Crippen molar-refractivity contribution >= 4 is 27.4 Å². The molecule has 0 spiro atoms. The van der Waals surface area contributed by atoms with E-state index in [0.29, 0.717) is 6.61 Å². The van der Waals surface area contributed by atoms with Crippen LogP contribution in [0, 0.1) is 6.92 Å². The zero-order chi connectivity index (χ0) is 12.8. The molecule has 5 heteroatoms. The summed E-state index contributed by atoms with van der Waals surface area (Å²) in [6.07, 6.45) is 4.35. The number of nitrogens with one attached hydrogen (secondary N) is 1. The third kappa shape index (κ3) is 3.05. The molecule has 0 aliphatic heterocycles. The molecule has 4 nitrogen and oxygen atoms in total. The second kappa shape index (κ2) is 6.47. The predicted octanol–water partition coefficient (Wildman–Crippen LogP) is 3.00. The second-order valence-electron chi connectivity index (χ2n) is 3.94. The van der Waals surface area contributed by atoms with E-state index in [0.717, 1.165) is 35.6 Å². The SMILES string of the molecule is C=CCCOCCNc1ncnc2c(C)csc12. The fourth-order valence-electron chi connectivity index (χ4n) is 1.61.